The maximum atomic E-state index is 12.3. The first kappa shape index (κ1) is 19.1. The molecule has 146 valence electrons. The quantitative estimate of drug-likeness (QED) is 0.446. The van der Waals surface area contributed by atoms with Crippen LogP contribution in [-0.4, -0.2) is 54.0 Å². The number of carbonyl (C=O) groups excluding carboxylic acids is 2. The molecule has 1 amide bonds. The molecule has 1 aromatic carbocycles. The molecule has 0 unspecified atom stereocenters. The topological polar surface area (TPSA) is 93.0 Å². The van der Waals surface area contributed by atoms with E-state index in [9.17, 15) is 19.7 Å². The van der Waals surface area contributed by atoms with Gasteiger partial charge in [0, 0.05) is 31.7 Å². The van der Waals surface area contributed by atoms with Gasteiger partial charge in [-0.1, -0.05) is 0 Å². The Labute approximate surface area is 158 Å². The molecule has 0 aromatic heterocycles. The van der Waals surface area contributed by atoms with Crippen LogP contribution in [0.25, 0.3) is 0 Å². The minimum Gasteiger partial charge on any atom is -0.452 e. The van der Waals surface area contributed by atoms with Crippen molar-refractivity contribution in [2.24, 2.45) is 0 Å². The van der Waals surface area contributed by atoms with E-state index in [2.05, 4.69) is 0 Å². The molecule has 0 radical (unpaired) electrons. The molecule has 8 nitrogen and oxygen atoms in total. The number of likely N-dealkylation sites (tertiary alicyclic amines) is 1. The molecule has 2 aliphatic rings. The van der Waals surface area contributed by atoms with Crippen molar-refractivity contribution >= 4 is 23.3 Å². The summed E-state index contributed by atoms with van der Waals surface area (Å²) < 4.78 is 5.13. The lowest BCUT2D eigenvalue weighted by atomic mass is 10.0. The molecule has 27 heavy (non-hydrogen) atoms. The molecule has 2 heterocycles. The van der Waals surface area contributed by atoms with Gasteiger partial charge in [0.25, 0.3) is 11.6 Å². The van der Waals surface area contributed by atoms with Gasteiger partial charge < -0.3 is 14.5 Å². The van der Waals surface area contributed by atoms with E-state index >= 15 is 0 Å². The van der Waals surface area contributed by atoms with Crippen LogP contribution in [-0.2, 0) is 9.53 Å². The highest BCUT2D eigenvalue weighted by Crippen LogP contribution is 2.31. The molecule has 2 saturated heterocycles. The first-order valence-electron chi connectivity index (χ1n) is 9.47. The van der Waals surface area contributed by atoms with Gasteiger partial charge in [-0.15, -0.1) is 0 Å². The van der Waals surface area contributed by atoms with Crippen LogP contribution in [0, 0.1) is 10.1 Å². The van der Waals surface area contributed by atoms with Gasteiger partial charge in [-0.3, -0.25) is 14.9 Å². The zero-order valence-corrected chi connectivity index (χ0v) is 15.6. The van der Waals surface area contributed by atoms with E-state index in [4.69, 9.17) is 4.74 Å². The molecule has 0 spiro atoms. The monoisotopic (exact) mass is 375 g/mol. The van der Waals surface area contributed by atoms with E-state index in [1.807, 2.05) is 11.8 Å². The van der Waals surface area contributed by atoms with Crippen LogP contribution in [0.1, 0.15) is 49.4 Å². The Morgan fingerprint density at radius 3 is 2.56 bits per heavy atom. The molecule has 3 rings (SSSR count). The van der Waals surface area contributed by atoms with E-state index in [-0.39, 0.29) is 29.8 Å². The largest absolute Gasteiger partial charge is 0.452 e. The number of piperidine rings is 1. The van der Waals surface area contributed by atoms with Gasteiger partial charge in [0.2, 0.25) is 0 Å². The van der Waals surface area contributed by atoms with Crippen molar-refractivity contribution in [2.45, 2.75) is 45.1 Å². The normalized spacial score (nSPS) is 19.8. The number of esters is 1. The number of amides is 1. The smallest absolute Gasteiger partial charge is 0.338 e. The molecular weight excluding hydrogens is 350 g/mol. The maximum Gasteiger partial charge on any atom is 0.338 e. The van der Waals surface area contributed by atoms with Crippen molar-refractivity contribution in [3.8, 4) is 0 Å². The highest BCUT2D eigenvalue weighted by molar-refractivity contribution is 5.93. The molecule has 1 aromatic rings. The minimum atomic E-state index is -0.718. The number of hydrogen-bond acceptors (Lipinski definition) is 6. The lowest BCUT2D eigenvalue weighted by Gasteiger charge is -2.33. The van der Waals surface area contributed by atoms with Gasteiger partial charge >= 0.3 is 5.97 Å². The predicted molar refractivity (Wildman–Crippen MR) is 99.9 cm³/mol. The second-order valence-corrected chi connectivity index (χ2v) is 7.16. The van der Waals surface area contributed by atoms with Gasteiger partial charge in [-0.25, -0.2) is 4.79 Å². The van der Waals surface area contributed by atoms with Crippen LogP contribution in [0.2, 0.25) is 0 Å². The second-order valence-electron chi connectivity index (χ2n) is 7.16. The van der Waals surface area contributed by atoms with E-state index < -0.39 is 10.9 Å². The predicted octanol–water partition coefficient (Wildman–Crippen LogP) is 2.75. The minimum absolute atomic E-state index is 0.0872. The number of rotatable bonds is 5. The van der Waals surface area contributed by atoms with Crippen molar-refractivity contribution in [1.29, 1.82) is 0 Å². The van der Waals surface area contributed by atoms with Crippen molar-refractivity contribution in [3.05, 3.63) is 33.9 Å². The number of nitro benzene ring substituents is 1. The zero-order valence-electron chi connectivity index (χ0n) is 15.6. The van der Waals surface area contributed by atoms with Gasteiger partial charge in [-0.05, 0) is 51.2 Å². The fourth-order valence-electron chi connectivity index (χ4n) is 3.78. The van der Waals surface area contributed by atoms with Crippen LogP contribution >= 0.6 is 0 Å². The summed E-state index contributed by atoms with van der Waals surface area (Å²) in [5, 5.41) is 11.4. The average molecular weight is 375 g/mol. The first-order chi connectivity index (χ1) is 13.0. The average Bonchev–Trinajstić information content (AvgIpc) is 3.20. The molecule has 1 atom stereocenters. The number of ether oxygens (including phenoxy) is 1. The molecule has 0 saturated carbocycles. The Bertz CT molecular complexity index is 730. The lowest BCUT2D eigenvalue weighted by Crippen LogP contribution is -2.44. The van der Waals surface area contributed by atoms with E-state index in [0.717, 1.165) is 45.2 Å². The number of nitro groups is 1. The Morgan fingerprint density at radius 1 is 1.19 bits per heavy atom. The Hall–Kier alpha value is -2.64. The summed E-state index contributed by atoms with van der Waals surface area (Å²) in [6, 6.07) is 4.50. The number of benzene rings is 1. The summed E-state index contributed by atoms with van der Waals surface area (Å²) in [7, 11) is 0. The van der Waals surface area contributed by atoms with Crippen molar-refractivity contribution < 1.29 is 19.2 Å². The summed E-state index contributed by atoms with van der Waals surface area (Å²) in [6.07, 6.45) is 4.99. The van der Waals surface area contributed by atoms with Crippen LogP contribution in [0.3, 0.4) is 0 Å². The summed E-state index contributed by atoms with van der Waals surface area (Å²) in [6.45, 7) is 3.86. The molecule has 0 aliphatic carbocycles. The number of nitrogens with zero attached hydrogens (tertiary/aromatic N) is 3. The highest BCUT2D eigenvalue weighted by atomic mass is 16.6. The Morgan fingerprint density at radius 2 is 1.89 bits per heavy atom. The third kappa shape index (κ3) is 4.37. The lowest BCUT2D eigenvalue weighted by molar-refractivity contribution is -0.384. The van der Waals surface area contributed by atoms with E-state index in [1.165, 1.54) is 12.1 Å². The highest BCUT2D eigenvalue weighted by Gasteiger charge is 2.26. The fraction of sp³-hybridized carbons (Fsp3) is 0.579. The molecule has 0 N–H and O–H groups in total. The summed E-state index contributed by atoms with van der Waals surface area (Å²) in [5.41, 5.74) is 0.499. The van der Waals surface area contributed by atoms with Gasteiger partial charge in [0.1, 0.15) is 5.69 Å². The fourth-order valence-corrected chi connectivity index (χ4v) is 3.78. The Kier molecular flexibility index (Phi) is 5.93. The second kappa shape index (κ2) is 8.37. The van der Waals surface area contributed by atoms with Gasteiger partial charge in [-0.2, -0.15) is 0 Å². The van der Waals surface area contributed by atoms with Crippen LogP contribution < -0.4 is 4.90 Å². The summed E-state index contributed by atoms with van der Waals surface area (Å²) in [5.74, 6) is -0.942. The van der Waals surface area contributed by atoms with Crippen LogP contribution in [0.15, 0.2) is 18.2 Å². The van der Waals surface area contributed by atoms with E-state index in [1.54, 1.807) is 11.0 Å². The molecule has 2 aliphatic heterocycles. The van der Waals surface area contributed by atoms with Crippen LogP contribution in [0.4, 0.5) is 11.4 Å². The van der Waals surface area contributed by atoms with E-state index in [0.29, 0.717) is 12.2 Å². The molecule has 0 bridgehead atoms. The summed E-state index contributed by atoms with van der Waals surface area (Å²) in [4.78, 5) is 39.2. The van der Waals surface area contributed by atoms with Gasteiger partial charge in [0.05, 0.1) is 10.5 Å². The number of hydrogen-bond donors (Lipinski definition) is 0. The van der Waals surface area contributed by atoms with Gasteiger partial charge in [0.15, 0.2) is 6.61 Å². The van der Waals surface area contributed by atoms with Crippen molar-refractivity contribution in [1.82, 2.24) is 4.90 Å². The Balaban J connectivity index is 1.66. The molecular formula is C19H25N3O5. The SMILES string of the molecule is C[C@@H]1CCCCN1C(=O)COC(=O)c1ccc(N2CCCC2)c([N+](=O)[O-])c1. The number of anilines is 1. The first-order valence-corrected chi connectivity index (χ1v) is 9.47. The molecule has 2 fully saturated rings. The van der Waals surface area contributed by atoms with Crippen molar-refractivity contribution in [3.63, 3.8) is 0 Å². The molecule has 8 heteroatoms. The van der Waals surface area contributed by atoms with Crippen molar-refractivity contribution in [2.75, 3.05) is 31.1 Å². The van der Waals surface area contributed by atoms with Crippen LogP contribution in [0.5, 0.6) is 0 Å². The number of carbonyl (C=O) groups is 2. The standard InChI is InChI=1S/C19H25N3O5/c1-14-6-2-3-11-21(14)18(23)13-27-19(24)15-7-8-16(17(12-15)22(25)26)20-9-4-5-10-20/h7-8,12,14H,2-6,9-11,13H2,1H3/t14-/m1/s1. The third-order valence-corrected chi connectivity index (χ3v) is 5.30. The third-order valence-electron chi connectivity index (χ3n) is 5.30. The zero-order chi connectivity index (χ0) is 19.4. The maximum absolute atomic E-state index is 12.3. The summed E-state index contributed by atoms with van der Waals surface area (Å²) >= 11 is 0.